The van der Waals surface area contributed by atoms with Gasteiger partial charge in [-0.15, -0.1) is 5.10 Å². The summed E-state index contributed by atoms with van der Waals surface area (Å²) in [6.07, 6.45) is 1.49. The average Bonchev–Trinajstić information content (AvgIpc) is 3.23. The number of rotatable bonds is 3. The Kier molecular flexibility index (Phi) is 4.68. The highest BCUT2D eigenvalue weighted by atomic mass is 35.5. The molecule has 1 aliphatic heterocycles. The third-order valence-corrected chi connectivity index (χ3v) is 4.70. The van der Waals surface area contributed by atoms with Crippen LogP contribution in [-0.4, -0.2) is 46.8 Å². The van der Waals surface area contributed by atoms with Crippen molar-refractivity contribution in [2.24, 2.45) is 0 Å². The van der Waals surface area contributed by atoms with Gasteiger partial charge in [0.25, 0.3) is 11.5 Å². The number of furan rings is 1. The maximum atomic E-state index is 12.4. The lowest BCUT2D eigenvalue weighted by atomic mass is 10.2. The van der Waals surface area contributed by atoms with Crippen molar-refractivity contribution in [2.45, 2.75) is 0 Å². The van der Waals surface area contributed by atoms with E-state index in [9.17, 15) is 9.59 Å². The molecule has 0 N–H and O–H groups in total. The van der Waals surface area contributed by atoms with Crippen molar-refractivity contribution >= 4 is 23.3 Å². The Balaban J connectivity index is 1.51. The van der Waals surface area contributed by atoms with Gasteiger partial charge in [0.15, 0.2) is 5.76 Å². The predicted octanol–water partition coefficient (Wildman–Crippen LogP) is 2.44. The van der Waals surface area contributed by atoms with Crippen LogP contribution in [0.5, 0.6) is 0 Å². The molecule has 0 unspecified atom stereocenters. The fourth-order valence-corrected chi connectivity index (χ4v) is 3.24. The second-order valence-corrected chi connectivity index (χ2v) is 6.61. The Hall–Kier alpha value is -3.06. The second-order valence-electron chi connectivity index (χ2n) is 6.18. The largest absolute Gasteiger partial charge is 0.459 e. The van der Waals surface area contributed by atoms with Crippen molar-refractivity contribution < 1.29 is 9.21 Å². The topological polar surface area (TPSA) is 71.6 Å². The molecule has 1 fully saturated rings. The Morgan fingerprint density at radius 1 is 1.04 bits per heavy atom. The summed E-state index contributed by atoms with van der Waals surface area (Å²) >= 11 is 6.02. The van der Waals surface area contributed by atoms with Gasteiger partial charge in [-0.05, 0) is 36.4 Å². The van der Waals surface area contributed by atoms with E-state index in [-0.39, 0.29) is 11.5 Å². The number of hydrogen-bond acceptors (Lipinski definition) is 5. The van der Waals surface area contributed by atoms with Crippen molar-refractivity contribution in [3.63, 3.8) is 0 Å². The van der Waals surface area contributed by atoms with E-state index >= 15 is 0 Å². The fraction of sp³-hybridized carbons (Fsp3) is 0.211. The molecule has 0 spiro atoms. The van der Waals surface area contributed by atoms with Crippen molar-refractivity contribution in [3.05, 3.63) is 75.9 Å². The lowest BCUT2D eigenvalue weighted by Gasteiger charge is -2.35. The molecule has 8 heteroatoms. The number of benzene rings is 1. The molecular weight excluding hydrogens is 368 g/mol. The molecule has 0 bridgehead atoms. The number of anilines is 1. The Morgan fingerprint density at radius 3 is 2.56 bits per heavy atom. The normalized spacial score (nSPS) is 14.4. The number of aromatic nitrogens is 2. The zero-order valence-corrected chi connectivity index (χ0v) is 15.2. The fourth-order valence-electron chi connectivity index (χ4n) is 3.06. The molecule has 1 aliphatic rings. The van der Waals surface area contributed by atoms with E-state index in [4.69, 9.17) is 16.0 Å². The molecule has 0 saturated carbocycles. The third-order valence-electron chi connectivity index (χ3n) is 4.46. The van der Waals surface area contributed by atoms with Crippen LogP contribution in [0.4, 0.5) is 5.82 Å². The van der Waals surface area contributed by atoms with Gasteiger partial charge in [-0.1, -0.05) is 17.7 Å². The molecular formula is C19H17ClN4O3. The number of carbonyl (C=O) groups excluding carboxylic acids is 1. The molecule has 1 saturated heterocycles. The van der Waals surface area contributed by atoms with Gasteiger partial charge in [0.2, 0.25) is 0 Å². The predicted molar refractivity (Wildman–Crippen MR) is 102 cm³/mol. The number of hydrogen-bond donors (Lipinski definition) is 0. The van der Waals surface area contributed by atoms with Gasteiger partial charge in [0.1, 0.15) is 5.82 Å². The minimum atomic E-state index is -0.229. The first kappa shape index (κ1) is 17.4. The van der Waals surface area contributed by atoms with E-state index in [1.165, 1.54) is 17.0 Å². The van der Waals surface area contributed by atoms with Crippen LogP contribution in [0.1, 0.15) is 10.6 Å². The molecule has 4 rings (SSSR count). The van der Waals surface area contributed by atoms with E-state index in [0.29, 0.717) is 48.5 Å². The molecule has 0 atom stereocenters. The first-order valence-electron chi connectivity index (χ1n) is 8.56. The van der Waals surface area contributed by atoms with Gasteiger partial charge < -0.3 is 14.2 Å². The van der Waals surface area contributed by atoms with Crippen LogP contribution in [0.3, 0.4) is 0 Å². The van der Waals surface area contributed by atoms with E-state index < -0.39 is 0 Å². The van der Waals surface area contributed by atoms with Gasteiger partial charge in [0.05, 0.1) is 12.0 Å². The van der Waals surface area contributed by atoms with Crippen LogP contribution >= 0.6 is 11.6 Å². The second kappa shape index (κ2) is 7.28. The van der Waals surface area contributed by atoms with Gasteiger partial charge in [0, 0.05) is 37.3 Å². The van der Waals surface area contributed by atoms with E-state index in [1.54, 1.807) is 47.4 Å². The zero-order valence-electron chi connectivity index (χ0n) is 14.4. The minimum absolute atomic E-state index is 0.114. The summed E-state index contributed by atoms with van der Waals surface area (Å²) < 4.78 is 6.52. The summed E-state index contributed by atoms with van der Waals surface area (Å²) in [5.41, 5.74) is 0.383. The summed E-state index contributed by atoms with van der Waals surface area (Å²) in [7, 11) is 0. The Morgan fingerprint density at radius 2 is 1.85 bits per heavy atom. The molecule has 7 nitrogen and oxygen atoms in total. The van der Waals surface area contributed by atoms with Crippen LogP contribution < -0.4 is 10.5 Å². The maximum Gasteiger partial charge on any atom is 0.289 e. The van der Waals surface area contributed by atoms with Crippen LogP contribution in [-0.2, 0) is 0 Å². The highest BCUT2D eigenvalue weighted by Crippen LogP contribution is 2.17. The quantitative estimate of drug-likeness (QED) is 0.693. The Labute approximate surface area is 160 Å². The van der Waals surface area contributed by atoms with Gasteiger partial charge in [-0.3, -0.25) is 9.59 Å². The lowest BCUT2D eigenvalue weighted by molar-refractivity contribution is 0.0714. The molecule has 27 heavy (non-hydrogen) atoms. The maximum absolute atomic E-state index is 12.4. The van der Waals surface area contributed by atoms with E-state index in [0.717, 1.165) is 0 Å². The van der Waals surface area contributed by atoms with Crippen LogP contribution in [0.25, 0.3) is 5.69 Å². The van der Waals surface area contributed by atoms with E-state index in [1.807, 2.05) is 4.90 Å². The molecule has 3 heterocycles. The van der Waals surface area contributed by atoms with Crippen LogP contribution in [0.15, 0.2) is 64.0 Å². The molecule has 1 amide bonds. The average molecular weight is 385 g/mol. The standard InChI is InChI=1S/C19H17ClN4O3/c20-14-3-1-4-15(13-14)24-18(25)7-6-17(21-24)22-8-10-23(11-9-22)19(26)16-5-2-12-27-16/h1-7,12-13H,8-11H2. The summed E-state index contributed by atoms with van der Waals surface area (Å²) in [4.78, 5) is 28.4. The Bertz CT molecular complexity index is 1010. The molecule has 0 aliphatic carbocycles. The zero-order chi connectivity index (χ0) is 18.8. The molecule has 1 aromatic carbocycles. The van der Waals surface area contributed by atoms with Gasteiger partial charge in [-0.25, -0.2) is 0 Å². The summed E-state index contributed by atoms with van der Waals surface area (Å²) in [5.74, 6) is 0.910. The summed E-state index contributed by atoms with van der Waals surface area (Å²) in [6.45, 7) is 2.34. The first-order valence-corrected chi connectivity index (χ1v) is 8.94. The van der Waals surface area contributed by atoms with Crippen LogP contribution in [0, 0.1) is 0 Å². The number of piperazine rings is 1. The summed E-state index contributed by atoms with van der Waals surface area (Å²) in [5, 5.41) is 5.02. The SMILES string of the molecule is O=C(c1ccco1)N1CCN(c2ccc(=O)n(-c3cccc(Cl)c3)n2)CC1. The smallest absolute Gasteiger partial charge is 0.289 e. The monoisotopic (exact) mass is 384 g/mol. The van der Waals surface area contributed by atoms with Crippen molar-refractivity contribution in [1.82, 2.24) is 14.7 Å². The molecule has 0 radical (unpaired) electrons. The van der Waals surface area contributed by atoms with Gasteiger partial charge >= 0.3 is 0 Å². The third kappa shape index (κ3) is 3.59. The number of amides is 1. The van der Waals surface area contributed by atoms with Crippen molar-refractivity contribution in [2.75, 3.05) is 31.1 Å². The van der Waals surface area contributed by atoms with Crippen LogP contribution in [0.2, 0.25) is 5.02 Å². The van der Waals surface area contributed by atoms with Crippen molar-refractivity contribution in [3.8, 4) is 5.69 Å². The number of nitrogens with zero attached hydrogens (tertiary/aromatic N) is 4. The summed E-state index contributed by atoms with van der Waals surface area (Å²) in [6, 6.07) is 13.6. The van der Waals surface area contributed by atoms with E-state index in [2.05, 4.69) is 5.10 Å². The highest BCUT2D eigenvalue weighted by Gasteiger charge is 2.24. The molecule has 2 aromatic heterocycles. The first-order chi connectivity index (χ1) is 13.1. The van der Waals surface area contributed by atoms with Gasteiger partial charge in [-0.2, -0.15) is 4.68 Å². The van der Waals surface area contributed by atoms with Crippen molar-refractivity contribution in [1.29, 1.82) is 0 Å². The number of halogens is 1. The lowest BCUT2D eigenvalue weighted by Crippen LogP contribution is -2.49. The molecule has 3 aromatic rings. The molecule has 138 valence electrons. The minimum Gasteiger partial charge on any atom is -0.459 e. The highest BCUT2D eigenvalue weighted by molar-refractivity contribution is 6.30. The number of carbonyl (C=O) groups is 1.